The molecule has 0 aromatic rings. The SMILES string of the molecule is CC\C=C/C=C\C=C/C=C\C=C\C=C/CCCCCC(=O)OC(COC(=O)CC/C=C\C/C=C\CCCCCCCC)COC(=O)CCCCCCC\C=C/C=C\C=C/CCCCCCC. The first-order valence-corrected chi connectivity index (χ1v) is 26.3. The molecule has 0 aliphatic rings. The van der Waals surface area contributed by atoms with Gasteiger partial charge in [-0.1, -0.05) is 238 Å². The molecular formula is C60H94O6. The number of carbonyl (C=O) groups is 3. The molecule has 1 atom stereocenters. The lowest BCUT2D eigenvalue weighted by molar-refractivity contribution is -0.166. The summed E-state index contributed by atoms with van der Waals surface area (Å²) >= 11 is 0. The summed E-state index contributed by atoms with van der Waals surface area (Å²) < 4.78 is 16.7. The van der Waals surface area contributed by atoms with Gasteiger partial charge in [0.25, 0.3) is 0 Å². The molecule has 6 nitrogen and oxygen atoms in total. The summed E-state index contributed by atoms with van der Waals surface area (Å²) in [4.78, 5) is 38.0. The highest BCUT2D eigenvalue weighted by Crippen LogP contribution is 2.12. The Balaban J connectivity index is 4.60. The Kier molecular flexibility index (Phi) is 49.6. The van der Waals surface area contributed by atoms with Crippen LogP contribution in [0.2, 0.25) is 0 Å². The second-order valence-corrected chi connectivity index (χ2v) is 16.9. The summed E-state index contributed by atoms with van der Waals surface area (Å²) in [5.41, 5.74) is 0. The van der Waals surface area contributed by atoms with Gasteiger partial charge in [0.2, 0.25) is 0 Å². The van der Waals surface area contributed by atoms with E-state index >= 15 is 0 Å². The molecule has 0 aromatic heterocycles. The molecule has 0 N–H and O–H groups in total. The minimum Gasteiger partial charge on any atom is -0.462 e. The molecular weight excluding hydrogens is 817 g/mol. The molecule has 0 saturated heterocycles. The lowest BCUT2D eigenvalue weighted by Crippen LogP contribution is -2.30. The van der Waals surface area contributed by atoms with Gasteiger partial charge in [0.15, 0.2) is 6.10 Å². The number of unbranched alkanes of at least 4 members (excludes halogenated alkanes) is 19. The fourth-order valence-corrected chi connectivity index (χ4v) is 6.64. The standard InChI is InChI=1S/C60H94O6/c1-4-7-10-13-16-19-22-25-27-29-31-32-35-38-41-44-47-50-53-59(62)65-56-57(55-64-58(61)52-49-46-43-40-37-34-24-21-18-15-12-9-6-3)66-60(63)54-51-48-45-42-39-36-33-30-28-26-23-20-17-14-11-8-5-2/h8,11,14,17,20,22-23,25-34,36-37,39,43,46,57H,4-7,9-10,12-13,15-16,18-19,21,24,35,38,40-42,44-45,47-56H2,1-3H3/b11-8-,17-14-,23-20-,25-22-,28-26-,29-27-,32-31-,33-30+,37-34-,39-36-,46-43-. The van der Waals surface area contributed by atoms with Crippen LogP contribution in [0.3, 0.4) is 0 Å². The molecule has 0 saturated carbocycles. The van der Waals surface area contributed by atoms with Crippen molar-refractivity contribution < 1.29 is 28.6 Å². The van der Waals surface area contributed by atoms with Gasteiger partial charge in [-0.25, -0.2) is 0 Å². The Morgan fingerprint density at radius 3 is 1.15 bits per heavy atom. The summed E-state index contributed by atoms with van der Waals surface area (Å²) in [6.07, 6.45) is 74.4. The molecule has 0 rings (SSSR count). The van der Waals surface area contributed by atoms with Crippen molar-refractivity contribution in [3.05, 3.63) is 134 Å². The van der Waals surface area contributed by atoms with Gasteiger partial charge in [0.05, 0.1) is 0 Å². The fraction of sp³-hybridized carbons (Fsp3) is 0.583. The second kappa shape index (κ2) is 53.2. The van der Waals surface area contributed by atoms with Crippen molar-refractivity contribution in [3.63, 3.8) is 0 Å². The minimum atomic E-state index is -0.837. The van der Waals surface area contributed by atoms with Gasteiger partial charge in [0.1, 0.15) is 13.2 Å². The average Bonchev–Trinajstić information content (AvgIpc) is 3.31. The fourth-order valence-electron chi connectivity index (χ4n) is 6.64. The molecule has 6 heteroatoms. The lowest BCUT2D eigenvalue weighted by Gasteiger charge is -2.18. The quantitative estimate of drug-likeness (QED) is 0.0199. The van der Waals surface area contributed by atoms with Crippen LogP contribution < -0.4 is 0 Å². The molecule has 0 bridgehead atoms. The molecule has 0 radical (unpaired) electrons. The van der Waals surface area contributed by atoms with Crippen molar-refractivity contribution in [2.24, 2.45) is 0 Å². The van der Waals surface area contributed by atoms with Gasteiger partial charge in [-0.3, -0.25) is 14.4 Å². The molecule has 66 heavy (non-hydrogen) atoms. The van der Waals surface area contributed by atoms with Crippen LogP contribution in [-0.2, 0) is 28.6 Å². The molecule has 0 aromatic carbocycles. The average molecular weight is 911 g/mol. The molecule has 1 unspecified atom stereocenters. The largest absolute Gasteiger partial charge is 0.462 e. The first-order chi connectivity index (χ1) is 32.5. The predicted octanol–water partition coefficient (Wildman–Crippen LogP) is 17.5. The highest BCUT2D eigenvalue weighted by molar-refractivity contribution is 5.71. The van der Waals surface area contributed by atoms with E-state index in [1.54, 1.807) is 0 Å². The van der Waals surface area contributed by atoms with Crippen molar-refractivity contribution in [1.82, 2.24) is 0 Å². The van der Waals surface area contributed by atoms with Gasteiger partial charge in [0, 0.05) is 19.3 Å². The number of ether oxygens (including phenoxy) is 3. The normalized spacial score (nSPS) is 13.2. The molecule has 0 heterocycles. The number of esters is 3. The van der Waals surface area contributed by atoms with E-state index < -0.39 is 6.10 Å². The van der Waals surface area contributed by atoms with Crippen LogP contribution in [-0.4, -0.2) is 37.2 Å². The third-order valence-corrected chi connectivity index (χ3v) is 10.6. The van der Waals surface area contributed by atoms with E-state index in [2.05, 4.69) is 87.6 Å². The van der Waals surface area contributed by atoms with Gasteiger partial charge in [-0.2, -0.15) is 0 Å². The first-order valence-electron chi connectivity index (χ1n) is 26.3. The number of carbonyl (C=O) groups excluding carboxylic acids is 3. The van der Waals surface area contributed by atoms with Crippen LogP contribution in [0, 0.1) is 0 Å². The van der Waals surface area contributed by atoms with Crippen molar-refractivity contribution in [1.29, 1.82) is 0 Å². The Labute approximate surface area is 405 Å². The third-order valence-electron chi connectivity index (χ3n) is 10.6. The maximum absolute atomic E-state index is 12.8. The van der Waals surface area contributed by atoms with E-state index in [0.29, 0.717) is 19.3 Å². The van der Waals surface area contributed by atoms with E-state index in [9.17, 15) is 14.4 Å². The molecule has 0 amide bonds. The first kappa shape index (κ1) is 61.5. The Hall–Kier alpha value is -4.45. The van der Waals surface area contributed by atoms with Crippen molar-refractivity contribution in [2.45, 2.75) is 213 Å². The van der Waals surface area contributed by atoms with Crippen molar-refractivity contribution in [3.8, 4) is 0 Å². The summed E-state index contributed by atoms with van der Waals surface area (Å²) in [6.45, 7) is 6.34. The molecule has 370 valence electrons. The number of allylic oxidation sites excluding steroid dienone is 22. The highest BCUT2D eigenvalue weighted by Gasteiger charge is 2.19. The van der Waals surface area contributed by atoms with Crippen LogP contribution in [0.1, 0.15) is 207 Å². The third kappa shape index (κ3) is 50.5. The molecule has 0 aliphatic carbocycles. The molecule has 0 aliphatic heterocycles. The zero-order valence-corrected chi connectivity index (χ0v) is 42.1. The zero-order valence-electron chi connectivity index (χ0n) is 42.1. The van der Waals surface area contributed by atoms with E-state index in [0.717, 1.165) is 83.5 Å². The van der Waals surface area contributed by atoms with E-state index in [1.807, 2.05) is 66.8 Å². The summed E-state index contributed by atoms with van der Waals surface area (Å²) in [6, 6.07) is 0. The van der Waals surface area contributed by atoms with Gasteiger partial charge < -0.3 is 14.2 Å². The highest BCUT2D eigenvalue weighted by atomic mass is 16.6. The number of hydrogen-bond acceptors (Lipinski definition) is 6. The Morgan fingerprint density at radius 1 is 0.333 bits per heavy atom. The van der Waals surface area contributed by atoms with Crippen molar-refractivity contribution >= 4 is 17.9 Å². The Bertz CT molecular complexity index is 1460. The zero-order chi connectivity index (χ0) is 47.9. The van der Waals surface area contributed by atoms with Gasteiger partial charge >= 0.3 is 17.9 Å². The van der Waals surface area contributed by atoms with Crippen LogP contribution in [0.4, 0.5) is 0 Å². The Morgan fingerprint density at radius 2 is 0.682 bits per heavy atom. The summed E-state index contributed by atoms with van der Waals surface area (Å²) in [5, 5.41) is 0. The monoisotopic (exact) mass is 911 g/mol. The maximum atomic E-state index is 12.8. The maximum Gasteiger partial charge on any atom is 0.306 e. The van der Waals surface area contributed by atoms with E-state index in [4.69, 9.17) is 14.2 Å². The summed E-state index contributed by atoms with van der Waals surface area (Å²) in [7, 11) is 0. The topological polar surface area (TPSA) is 78.9 Å². The predicted molar refractivity (Wildman–Crippen MR) is 283 cm³/mol. The van der Waals surface area contributed by atoms with Crippen LogP contribution in [0.5, 0.6) is 0 Å². The van der Waals surface area contributed by atoms with Crippen molar-refractivity contribution in [2.75, 3.05) is 13.2 Å². The van der Waals surface area contributed by atoms with Crippen LogP contribution >= 0.6 is 0 Å². The van der Waals surface area contributed by atoms with Crippen LogP contribution in [0.15, 0.2) is 134 Å². The minimum absolute atomic E-state index is 0.129. The lowest BCUT2D eigenvalue weighted by atomic mass is 10.1. The molecule has 0 spiro atoms. The van der Waals surface area contributed by atoms with Gasteiger partial charge in [-0.05, 0) is 83.5 Å². The van der Waals surface area contributed by atoms with Crippen LogP contribution in [0.25, 0.3) is 0 Å². The van der Waals surface area contributed by atoms with E-state index in [-0.39, 0.29) is 44.0 Å². The number of hydrogen-bond donors (Lipinski definition) is 0. The summed E-state index contributed by atoms with van der Waals surface area (Å²) in [5.74, 6) is -1.07. The van der Waals surface area contributed by atoms with E-state index in [1.165, 1.54) is 70.6 Å². The molecule has 0 fully saturated rings. The number of rotatable bonds is 45. The second-order valence-electron chi connectivity index (χ2n) is 16.9. The smallest absolute Gasteiger partial charge is 0.306 e. The van der Waals surface area contributed by atoms with Gasteiger partial charge in [-0.15, -0.1) is 0 Å².